The summed E-state index contributed by atoms with van der Waals surface area (Å²) < 4.78 is 0. The number of anilines is 1. The number of H-pyrrole nitrogens is 1. The quantitative estimate of drug-likeness (QED) is 0.331. The molecule has 0 radical (unpaired) electrons. The highest BCUT2D eigenvalue weighted by atomic mass is 16.2. The smallest absolute Gasteiger partial charge is 0.323 e. The number of benzene rings is 2. The number of amides is 2. The van der Waals surface area contributed by atoms with Crippen molar-refractivity contribution in [2.45, 2.75) is 13.3 Å². The molecule has 0 bridgehead atoms. The molecule has 168 valence electrons. The Morgan fingerprint density at radius 2 is 1.74 bits per heavy atom. The molecule has 6 heteroatoms. The Labute approximate surface area is 198 Å². The summed E-state index contributed by atoms with van der Waals surface area (Å²) in [5.41, 5.74) is 6.10. The van der Waals surface area contributed by atoms with Gasteiger partial charge < -0.3 is 15.6 Å². The number of hydrogen-bond donors (Lipinski definition) is 3. The van der Waals surface area contributed by atoms with E-state index in [2.05, 4.69) is 33.6 Å². The van der Waals surface area contributed by atoms with Crippen molar-refractivity contribution in [1.29, 1.82) is 0 Å². The van der Waals surface area contributed by atoms with Gasteiger partial charge in [0.2, 0.25) is 0 Å². The summed E-state index contributed by atoms with van der Waals surface area (Å²) in [6, 6.07) is 21.4. The number of hydrogen-bond acceptors (Lipinski definition) is 3. The third kappa shape index (κ3) is 4.81. The second kappa shape index (κ2) is 9.58. The van der Waals surface area contributed by atoms with Gasteiger partial charge in [-0.1, -0.05) is 61.5 Å². The molecule has 34 heavy (non-hydrogen) atoms. The SMILES string of the molecule is CC1C=CC(NC(=O)Nc2cccc(-c3[nH]c(-c4ccccc4)nc3-c3ccncc3)c2)=CC1. The summed E-state index contributed by atoms with van der Waals surface area (Å²) in [7, 11) is 0. The largest absolute Gasteiger partial charge is 0.337 e. The second-order valence-electron chi connectivity index (χ2n) is 8.30. The molecule has 0 saturated heterocycles. The van der Waals surface area contributed by atoms with Crippen molar-refractivity contribution in [2.75, 3.05) is 5.32 Å². The summed E-state index contributed by atoms with van der Waals surface area (Å²) in [4.78, 5) is 25.1. The van der Waals surface area contributed by atoms with E-state index in [0.29, 0.717) is 11.6 Å². The molecule has 2 aromatic carbocycles. The highest BCUT2D eigenvalue weighted by Gasteiger charge is 2.16. The zero-order valence-corrected chi connectivity index (χ0v) is 18.8. The minimum Gasteiger partial charge on any atom is -0.337 e. The molecule has 1 unspecified atom stereocenters. The Balaban J connectivity index is 1.44. The Kier molecular flexibility index (Phi) is 6.03. The van der Waals surface area contributed by atoms with Crippen molar-refractivity contribution in [1.82, 2.24) is 20.3 Å². The third-order valence-corrected chi connectivity index (χ3v) is 5.69. The standard InChI is InChI=1S/C28H25N5O/c1-19-10-12-23(13-11-19)30-28(34)31-24-9-5-8-22(18-24)26-25(20-14-16-29-17-15-20)32-27(33-26)21-6-3-2-4-7-21/h2-10,12-19H,11H2,1H3,(H,32,33)(H2,30,31,34). The lowest BCUT2D eigenvalue weighted by Crippen LogP contribution is -2.28. The normalized spacial score (nSPS) is 15.0. The van der Waals surface area contributed by atoms with Crippen molar-refractivity contribution in [3.63, 3.8) is 0 Å². The lowest BCUT2D eigenvalue weighted by molar-refractivity contribution is 0.254. The maximum absolute atomic E-state index is 12.6. The van der Waals surface area contributed by atoms with Crippen molar-refractivity contribution in [3.05, 3.63) is 103 Å². The predicted octanol–water partition coefficient (Wildman–Crippen LogP) is 6.41. The van der Waals surface area contributed by atoms with Crippen molar-refractivity contribution in [2.24, 2.45) is 5.92 Å². The fraction of sp³-hybridized carbons (Fsp3) is 0.107. The van der Waals surface area contributed by atoms with Crippen molar-refractivity contribution >= 4 is 11.7 Å². The van der Waals surface area contributed by atoms with Gasteiger partial charge in [0, 0.05) is 40.5 Å². The van der Waals surface area contributed by atoms with E-state index in [9.17, 15) is 4.79 Å². The highest BCUT2D eigenvalue weighted by Crippen LogP contribution is 2.33. The van der Waals surface area contributed by atoms with Crippen LogP contribution in [0.25, 0.3) is 33.9 Å². The molecule has 3 N–H and O–H groups in total. The first-order chi connectivity index (χ1) is 16.7. The number of nitrogens with zero attached hydrogens (tertiary/aromatic N) is 2. The first-order valence-electron chi connectivity index (χ1n) is 11.3. The fourth-order valence-corrected chi connectivity index (χ4v) is 3.90. The molecule has 0 saturated carbocycles. The van der Waals surface area contributed by atoms with Gasteiger partial charge in [-0.05, 0) is 42.7 Å². The number of carbonyl (C=O) groups is 1. The van der Waals surface area contributed by atoms with Gasteiger partial charge in [0.25, 0.3) is 0 Å². The number of urea groups is 1. The van der Waals surface area contributed by atoms with Gasteiger partial charge >= 0.3 is 6.03 Å². The van der Waals surface area contributed by atoms with Crippen LogP contribution >= 0.6 is 0 Å². The molecule has 0 aliphatic heterocycles. The van der Waals surface area contributed by atoms with Gasteiger partial charge in [0.1, 0.15) is 5.82 Å². The highest BCUT2D eigenvalue weighted by molar-refractivity contribution is 5.92. The van der Waals surface area contributed by atoms with Crippen LogP contribution in [0.15, 0.2) is 103 Å². The number of rotatable bonds is 5. The zero-order chi connectivity index (χ0) is 23.3. The number of aromatic nitrogens is 3. The van der Waals surface area contributed by atoms with E-state index in [-0.39, 0.29) is 6.03 Å². The molecule has 2 aromatic heterocycles. The molecule has 1 atom stereocenters. The summed E-state index contributed by atoms with van der Waals surface area (Å²) in [5.74, 6) is 1.28. The molecular formula is C28H25N5O. The number of nitrogens with one attached hydrogen (secondary N) is 3. The molecule has 2 heterocycles. The maximum atomic E-state index is 12.6. The van der Waals surface area contributed by atoms with E-state index in [4.69, 9.17) is 4.98 Å². The number of aromatic amines is 1. The Bertz CT molecular complexity index is 1360. The molecule has 6 nitrogen and oxygen atoms in total. The summed E-state index contributed by atoms with van der Waals surface area (Å²) in [5, 5.41) is 5.85. The molecule has 0 fully saturated rings. The van der Waals surface area contributed by atoms with Gasteiger partial charge in [-0.3, -0.25) is 4.98 Å². The molecule has 2 amide bonds. The van der Waals surface area contributed by atoms with E-state index < -0.39 is 0 Å². The van der Waals surface area contributed by atoms with Crippen molar-refractivity contribution in [3.8, 4) is 33.9 Å². The van der Waals surface area contributed by atoms with Gasteiger partial charge in [-0.25, -0.2) is 9.78 Å². The Morgan fingerprint density at radius 3 is 2.50 bits per heavy atom. The van der Waals surface area contributed by atoms with Crippen molar-refractivity contribution < 1.29 is 4.79 Å². The summed E-state index contributed by atoms with van der Waals surface area (Å²) >= 11 is 0. The molecule has 0 spiro atoms. The van der Waals surface area contributed by atoms with E-state index >= 15 is 0 Å². The summed E-state index contributed by atoms with van der Waals surface area (Å²) in [6.07, 6.45) is 10.5. The van der Waals surface area contributed by atoms with E-state index in [1.54, 1.807) is 12.4 Å². The average Bonchev–Trinajstić information content (AvgIpc) is 3.32. The van der Waals surface area contributed by atoms with Crippen LogP contribution < -0.4 is 10.6 Å². The monoisotopic (exact) mass is 447 g/mol. The summed E-state index contributed by atoms with van der Waals surface area (Å²) in [6.45, 7) is 2.15. The molecule has 1 aliphatic rings. The van der Waals surface area contributed by atoms with Crippen LogP contribution in [-0.4, -0.2) is 21.0 Å². The van der Waals surface area contributed by atoms with Crippen LogP contribution in [0, 0.1) is 5.92 Å². The lowest BCUT2D eigenvalue weighted by Gasteiger charge is -2.14. The minimum atomic E-state index is -0.272. The van der Waals surface area contributed by atoms with Gasteiger partial charge in [0.05, 0.1) is 11.4 Å². The number of allylic oxidation sites excluding steroid dienone is 3. The predicted molar refractivity (Wildman–Crippen MR) is 136 cm³/mol. The Morgan fingerprint density at radius 1 is 0.941 bits per heavy atom. The average molecular weight is 448 g/mol. The number of pyridine rings is 1. The molecule has 4 aromatic rings. The van der Waals surface area contributed by atoms with E-state index in [1.807, 2.05) is 78.9 Å². The van der Waals surface area contributed by atoms with Crippen LogP contribution in [0.4, 0.5) is 10.5 Å². The van der Waals surface area contributed by atoms with Crippen LogP contribution in [0.3, 0.4) is 0 Å². The molecule has 1 aliphatic carbocycles. The van der Waals surface area contributed by atoms with Crippen LogP contribution in [-0.2, 0) is 0 Å². The minimum absolute atomic E-state index is 0.272. The third-order valence-electron chi connectivity index (χ3n) is 5.69. The first kappa shape index (κ1) is 21.4. The molecular weight excluding hydrogens is 422 g/mol. The van der Waals surface area contributed by atoms with Crippen LogP contribution in [0.5, 0.6) is 0 Å². The molecule has 5 rings (SSSR count). The van der Waals surface area contributed by atoms with Gasteiger partial charge in [-0.2, -0.15) is 0 Å². The fourth-order valence-electron chi connectivity index (χ4n) is 3.90. The van der Waals surface area contributed by atoms with Gasteiger partial charge in [-0.15, -0.1) is 0 Å². The first-order valence-corrected chi connectivity index (χ1v) is 11.3. The zero-order valence-electron chi connectivity index (χ0n) is 18.8. The van der Waals surface area contributed by atoms with Crippen LogP contribution in [0.1, 0.15) is 13.3 Å². The lowest BCUT2D eigenvalue weighted by atomic mass is 10.0. The Hall–Kier alpha value is -4.45. The maximum Gasteiger partial charge on any atom is 0.323 e. The van der Waals surface area contributed by atoms with E-state index in [1.165, 1.54) is 0 Å². The number of carbonyl (C=O) groups excluding carboxylic acids is 1. The second-order valence-corrected chi connectivity index (χ2v) is 8.30. The number of imidazole rings is 1. The topological polar surface area (TPSA) is 82.7 Å². The van der Waals surface area contributed by atoms with Gasteiger partial charge in [0.15, 0.2) is 0 Å². The van der Waals surface area contributed by atoms with Crippen LogP contribution in [0.2, 0.25) is 0 Å². The van der Waals surface area contributed by atoms with E-state index in [0.717, 1.165) is 46.0 Å².